The molecule has 0 bridgehead atoms. The summed E-state index contributed by atoms with van der Waals surface area (Å²) in [6, 6.07) is 5.65. The molecule has 6 heteroatoms. The number of carbonyl (C=O) groups is 1. The van der Waals surface area contributed by atoms with Crippen LogP contribution in [0, 0.1) is 11.7 Å². The van der Waals surface area contributed by atoms with E-state index < -0.39 is 5.82 Å². The Labute approximate surface area is 139 Å². The highest BCUT2D eigenvalue weighted by molar-refractivity contribution is 7.13. The second-order valence-electron chi connectivity index (χ2n) is 6.09. The van der Waals surface area contributed by atoms with Crippen molar-refractivity contribution in [2.24, 2.45) is 5.92 Å². The summed E-state index contributed by atoms with van der Waals surface area (Å²) >= 11 is 1.40. The highest BCUT2D eigenvalue weighted by atomic mass is 32.1. The molecule has 1 aliphatic rings. The van der Waals surface area contributed by atoms with E-state index in [1.807, 2.05) is 5.38 Å². The van der Waals surface area contributed by atoms with Gasteiger partial charge in [-0.25, -0.2) is 9.37 Å². The average Bonchev–Trinajstić information content (AvgIpc) is 2.94. The van der Waals surface area contributed by atoms with E-state index >= 15 is 0 Å². The second kappa shape index (κ2) is 7.19. The predicted octanol–water partition coefficient (Wildman–Crippen LogP) is 3.77. The number of hydrogen-bond acceptors (Lipinski definition) is 4. The number of aromatic nitrogens is 1. The van der Waals surface area contributed by atoms with Crippen molar-refractivity contribution in [3.05, 3.63) is 46.7 Å². The van der Waals surface area contributed by atoms with Crippen molar-refractivity contribution in [2.45, 2.75) is 26.3 Å². The molecule has 0 saturated carbocycles. The highest BCUT2D eigenvalue weighted by Crippen LogP contribution is 2.21. The van der Waals surface area contributed by atoms with Gasteiger partial charge in [0.1, 0.15) is 5.82 Å². The number of nitrogens with zero attached hydrogens (tertiary/aromatic N) is 2. The van der Waals surface area contributed by atoms with Gasteiger partial charge in [0, 0.05) is 24.0 Å². The lowest BCUT2D eigenvalue weighted by Crippen LogP contribution is -2.33. The third-order valence-corrected chi connectivity index (χ3v) is 4.79. The topological polar surface area (TPSA) is 45.2 Å². The summed E-state index contributed by atoms with van der Waals surface area (Å²) in [5, 5.41) is 5.26. The van der Waals surface area contributed by atoms with Gasteiger partial charge in [0.25, 0.3) is 5.91 Å². The first-order valence-electron chi connectivity index (χ1n) is 7.84. The molecule has 1 N–H and O–H groups in total. The van der Waals surface area contributed by atoms with Crippen LogP contribution >= 0.6 is 11.3 Å². The summed E-state index contributed by atoms with van der Waals surface area (Å²) in [5.74, 6) is -0.0248. The summed E-state index contributed by atoms with van der Waals surface area (Å²) in [5.41, 5.74) is 1.27. The predicted molar refractivity (Wildman–Crippen MR) is 90.1 cm³/mol. The highest BCUT2D eigenvalue weighted by Gasteiger charge is 2.17. The van der Waals surface area contributed by atoms with Crippen LogP contribution in [-0.4, -0.2) is 28.9 Å². The standard InChI is InChI=1S/C17H20FN3OS/c1-12-4-3-7-21(9-12)10-15-11-23-17(19-15)20-16(22)13-5-2-6-14(18)8-13/h2,5-6,8,11-12H,3-4,7,9-10H2,1H3,(H,19,20,22). The summed E-state index contributed by atoms with van der Waals surface area (Å²) < 4.78 is 13.2. The van der Waals surface area contributed by atoms with Crippen LogP contribution in [0.3, 0.4) is 0 Å². The fraction of sp³-hybridized carbons (Fsp3) is 0.412. The Balaban J connectivity index is 1.59. The van der Waals surface area contributed by atoms with Crippen LogP contribution in [0.2, 0.25) is 0 Å². The number of carbonyl (C=O) groups excluding carboxylic acids is 1. The van der Waals surface area contributed by atoms with Crippen molar-refractivity contribution < 1.29 is 9.18 Å². The van der Waals surface area contributed by atoms with Crippen LogP contribution in [0.4, 0.5) is 9.52 Å². The molecule has 4 nitrogen and oxygen atoms in total. The largest absolute Gasteiger partial charge is 0.298 e. The summed E-state index contributed by atoms with van der Waals surface area (Å²) in [6.07, 6.45) is 2.52. The van der Waals surface area contributed by atoms with Crippen LogP contribution in [0.15, 0.2) is 29.6 Å². The Morgan fingerprint density at radius 3 is 3.17 bits per heavy atom. The number of hydrogen-bond donors (Lipinski definition) is 1. The summed E-state index contributed by atoms with van der Waals surface area (Å²) in [7, 11) is 0. The Kier molecular flexibility index (Phi) is 5.03. The van der Waals surface area contributed by atoms with E-state index in [2.05, 4.69) is 22.1 Å². The summed E-state index contributed by atoms with van der Waals surface area (Å²) in [4.78, 5) is 19.0. The minimum absolute atomic E-state index is 0.298. The van der Waals surface area contributed by atoms with Gasteiger partial charge in [-0.1, -0.05) is 13.0 Å². The van der Waals surface area contributed by atoms with Gasteiger partial charge in [0.15, 0.2) is 5.13 Å². The van der Waals surface area contributed by atoms with Gasteiger partial charge in [0.2, 0.25) is 0 Å². The van der Waals surface area contributed by atoms with Crippen LogP contribution in [0.25, 0.3) is 0 Å². The number of halogens is 1. The number of thiazole rings is 1. The zero-order valence-electron chi connectivity index (χ0n) is 13.1. The second-order valence-corrected chi connectivity index (χ2v) is 6.95. The normalized spacial score (nSPS) is 18.8. The molecular weight excluding hydrogens is 313 g/mol. The fourth-order valence-electron chi connectivity index (χ4n) is 2.90. The van der Waals surface area contributed by atoms with E-state index in [0.29, 0.717) is 10.7 Å². The first kappa shape index (κ1) is 16.1. The fourth-order valence-corrected chi connectivity index (χ4v) is 3.59. The van der Waals surface area contributed by atoms with Crippen molar-refractivity contribution in [2.75, 3.05) is 18.4 Å². The molecule has 3 rings (SSSR count). The van der Waals surface area contributed by atoms with Gasteiger partial charge in [-0.3, -0.25) is 15.0 Å². The molecule has 2 aromatic rings. The minimum atomic E-state index is -0.420. The van der Waals surface area contributed by atoms with Gasteiger partial charge in [-0.2, -0.15) is 0 Å². The van der Waals surface area contributed by atoms with Crippen LogP contribution < -0.4 is 5.32 Å². The van der Waals surface area contributed by atoms with Gasteiger partial charge in [0.05, 0.1) is 5.69 Å². The molecule has 0 radical (unpaired) electrons. The third-order valence-electron chi connectivity index (χ3n) is 3.99. The van der Waals surface area contributed by atoms with E-state index in [1.54, 1.807) is 6.07 Å². The smallest absolute Gasteiger partial charge is 0.257 e. The maximum atomic E-state index is 13.2. The van der Waals surface area contributed by atoms with Gasteiger partial charge in [-0.05, 0) is 43.5 Å². The van der Waals surface area contributed by atoms with Crippen molar-refractivity contribution >= 4 is 22.4 Å². The molecular formula is C17H20FN3OS. The molecule has 23 heavy (non-hydrogen) atoms. The van der Waals surface area contributed by atoms with E-state index in [1.165, 1.54) is 42.4 Å². The molecule has 1 unspecified atom stereocenters. The number of likely N-dealkylation sites (tertiary alicyclic amines) is 1. The molecule has 1 fully saturated rings. The molecule has 1 atom stereocenters. The number of nitrogens with one attached hydrogen (secondary N) is 1. The molecule has 2 heterocycles. The number of amides is 1. The number of rotatable bonds is 4. The zero-order valence-corrected chi connectivity index (χ0v) is 13.9. The Morgan fingerprint density at radius 2 is 2.39 bits per heavy atom. The average molecular weight is 333 g/mol. The van der Waals surface area contributed by atoms with Crippen molar-refractivity contribution in [1.29, 1.82) is 0 Å². The van der Waals surface area contributed by atoms with Crippen LogP contribution in [-0.2, 0) is 6.54 Å². The Morgan fingerprint density at radius 1 is 1.52 bits per heavy atom. The quantitative estimate of drug-likeness (QED) is 0.926. The van der Waals surface area contributed by atoms with E-state index in [-0.39, 0.29) is 5.91 Å². The van der Waals surface area contributed by atoms with E-state index in [4.69, 9.17) is 0 Å². The van der Waals surface area contributed by atoms with E-state index in [0.717, 1.165) is 31.2 Å². The SMILES string of the molecule is CC1CCCN(Cc2csc(NC(=O)c3cccc(F)c3)n2)C1. The van der Waals surface area contributed by atoms with Crippen molar-refractivity contribution in [3.8, 4) is 0 Å². The van der Waals surface area contributed by atoms with Crippen LogP contribution in [0.5, 0.6) is 0 Å². The van der Waals surface area contributed by atoms with Gasteiger partial charge >= 0.3 is 0 Å². The van der Waals surface area contributed by atoms with Gasteiger partial charge in [-0.15, -0.1) is 11.3 Å². The van der Waals surface area contributed by atoms with Crippen LogP contribution in [0.1, 0.15) is 35.8 Å². The molecule has 1 aromatic carbocycles. The number of piperidine rings is 1. The third kappa shape index (κ3) is 4.36. The lowest BCUT2D eigenvalue weighted by Gasteiger charge is -2.30. The molecule has 1 aromatic heterocycles. The van der Waals surface area contributed by atoms with Crippen molar-refractivity contribution in [1.82, 2.24) is 9.88 Å². The summed E-state index contributed by atoms with van der Waals surface area (Å²) in [6.45, 7) is 5.30. The van der Waals surface area contributed by atoms with Gasteiger partial charge < -0.3 is 0 Å². The lowest BCUT2D eigenvalue weighted by molar-refractivity contribution is 0.102. The maximum Gasteiger partial charge on any atom is 0.257 e. The number of anilines is 1. The first-order chi connectivity index (χ1) is 11.1. The van der Waals surface area contributed by atoms with E-state index in [9.17, 15) is 9.18 Å². The molecule has 1 saturated heterocycles. The lowest BCUT2D eigenvalue weighted by atomic mass is 10.0. The molecule has 1 amide bonds. The Bertz CT molecular complexity index is 688. The molecule has 1 aliphatic heterocycles. The Hall–Kier alpha value is -1.79. The van der Waals surface area contributed by atoms with Crippen molar-refractivity contribution in [3.63, 3.8) is 0 Å². The molecule has 122 valence electrons. The number of benzene rings is 1. The molecule has 0 aliphatic carbocycles. The minimum Gasteiger partial charge on any atom is -0.298 e. The monoisotopic (exact) mass is 333 g/mol. The first-order valence-corrected chi connectivity index (χ1v) is 8.72. The zero-order chi connectivity index (χ0) is 16.2. The molecule has 0 spiro atoms. The maximum absolute atomic E-state index is 13.2.